The van der Waals surface area contributed by atoms with E-state index < -0.39 is 31.5 Å². The molecular weight excluding hydrogens is 395 g/mol. The number of hydrogen-bond donors (Lipinski definition) is 5. The third-order valence-corrected chi connectivity index (χ3v) is 5.64. The quantitative estimate of drug-likeness (QED) is 0.223. The molecule has 0 bridgehead atoms. The van der Waals surface area contributed by atoms with Crippen LogP contribution in [0.5, 0.6) is 0 Å². The molecule has 164 valence electrons. The maximum atomic E-state index is 12.9. The second-order valence-electron chi connectivity index (χ2n) is 7.23. The summed E-state index contributed by atoms with van der Waals surface area (Å²) in [4.78, 5) is 35.3. The van der Waals surface area contributed by atoms with E-state index in [9.17, 15) is 19.0 Å². The molecule has 1 rings (SSSR count). The summed E-state index contributed by atoms with van der Waals surface area (Å²) < 4.78 is 17.4. The molecule has 0 aliphatic heterocycles. The highest BCUT2D eigenvalue weighted by atomic mass is 31.2. The van der Waals surface area contributed by atoms with Gasteiger partial charge in [-0.1, -0.05) is 44.2 Å². The van der Waals surface area contributed by atoms with Gasteiger partial charge in [0.1, 0.15) is 12.6 Å². The Morgan fingerprint density at radius 3 is 2.34 bits per heavy atom. The maximum absolute atomic E-state index is 12.9. The summed E-state index contributed by atoms with van der Waals surface area (Å²) in [7, 11) is -3.82. The summed E-state index contributed by atoms with van der Waals surface area (Å²) in [6.07, 6.45) is 0.375. The Hall–Kier alpha value is -1.77. The van der Waals surface area contributed by atoms with E-state index in [1.165, 1.54) is 0 Å². The average Bonchev–Trinajstić information content (AvgIpc) is 2.65. The lowest BCUT2D eigenvalue weighted by Crippen LogP contribution is -2.51. The van der Waals surface area contributed by atoms with Crippen molar-refractivity contribution < 1.29 is 23.8 Å². The first-order chi connectivity index (χ1) is 13.7. The molecule has 0 spiro atoms. The first-order valence-electron chi connectivity index (χ1n) is 9.69. The number of benzene rings is 1. The fourth-order valence-corrected chi connectivity index (χ4v) is 3.92. The Morgan fingerprint density at radius 1 is 1.14 bits per heavy atom. The van der Waals surface area contributed by atoms with Gasteiger partial charge >= 0.3 is 5.97 Å². The molecule has 10 heteroatoms. The van der Waals surface area contributed by atoms with E-state index in [4.69, 9.17) is 16.2 Å². The molecule has 0 fully saturated rings. The number of rotatable bonds is 13. The fourth-order valence-electron chi connectivity index (χ4n) is 2.75. The highest BCUT2D eigenvalue weighted by Crippen LogP contribution is 2.35. The first kappa shape index (κ1) is 25.3. The largest absolute Gasteiger partial charge is 0.463 e. The van der Waals surface area contributed by atoms with Crippen LogP contribution in [0.4, 0.5) is 0 Å². The van der Waals surface area contributed by atoms with Crippen LogP contribution in [0.15, 0.2) is 30.3 Å². The molecule has 0 aliphatic rings. The first-order valence-corrected chi connectivity index (χ1v) is 11.5. The van der Waals surface area contributed by atoms with Gasteiger partial charge in [0.2, 0.25) is 5.91 Å². The second kappa shape index (κ2) is 12.7. The third-order valence-electron chi connectivity index (χ3n) is 4.06. The van der Waals surface area contributed by atoms with E-state index in [0.29, 0.717) is 6.42 Å². The van der Waals surface area contributed by atoms with E-state index >= 15 is 0 Å². The van der Waals surface area contributed by atoms with Crippen LogP contribution in [0.1, 0.15) is 25.8 Å². The second-order valence-corrected chi connectivity index (χ2v) is 9.34. The molecule has 7 N–H and O–H groups in total. The van der Waals surface area contributed by atoms with Crippen LogP contribution in [0.25, 0.3) is 0 Å². The summed E-state index contributed by atoms with van der Waals surface area (Å²) >= 11 is 0. The number of nitrogens with one attached hydrogen (secondary N) is 2. The van der Waals surface area contributed by atoms with Gasteiger partial charge in [-0.05, 0) is 24.3 Å². The Kier molecular flexibility index (Phi) is 11.1. The number of hydrogen-bond acceptors (Lipinski definition) is 6. The number of carbonyl (C=O) groups is 2. The lowest BCUT2D eigenvalue weighted by atomic mass is 10.0. The van der Waals surface area contributed by atoms with Crippen molar-refractivity contribution in [3.63, 3.8) is 0 Å². The Balaban J connectivity index is 2.99. The zero-order valence-electron chi connectivity index (χ0n) is 17.0. The molecule has 0 heterocycles. The minimum atomic E-state index is -3.82. The molecule has 1 amide bonds. The number of carbonyl (C=O) groups excluding carboxylic acids is 2. The molecule has 3 atom stereocenters. The molecular formula is C19H33N4O5P. The zero-order valence-corrected chi connectivity index (χ0v) is 17.9. The normalized spacial score (nSPS) is 15.4. The summed E-state index contributed by atoms with van der Waals surface area (Å²) in [6, 6.07) is 7.20. The number of ether oxygens (including phenoxy) is 1. The van der Waals surface area contributed by atoms with Crippen LogP contribution in [0, 0.1) is 5.92 Å². The predicted molar refractivity (Wildman–Crippen MR) is 112 cm³/mol. The summed E-state index contributed by atoms with van der Waals surface area (Å²) in [5, 5.41) is 5.19. The SMILES string of the molecule is CC(C)C[C@H](NC(=O)[C@H](Cc1ccccc1)NP(=O)(O)CCN)C(=O)OCCN. The monoisotopic (exact) mass is 428 g/mol. The molecule has 0 aliphatic carbocycles. The molecule has 0 saturated carbocycles. The smallest absolute Gasteiger partial charge is 0.328 e. The van der Waals surface area contributed by atoms with Crippen LogP contribution in [0.3, 0.4) is 0 Å². The molecule has 0 radical (unpaired) electrons. The summed E-state index contributed by atoms with van der Waals surface area (Å²) in [5.74, 6) is -1.02. The van der Waals surface area contributed by atoms with Gasteiger partial charge in [-0.2, -0.15) is 0 Å². The predicted octanol–water partition coefficient (Wildman–Crippen LogP) is 0.364. The van der Waals surface area contributed by atoms with Gasteiger partial charge in [0, 0.05) is 13.1 Å². The van der Waals surface area contributed by atoms with Crippen molar-refractivity contribution in [2.24, 2.45) is 17.4 Å². The highest BCUT2D eigenvalue weighted by molar-refractivity contribution is 7.55. The minimum Gasteiger partial charge on any atom is -0.463 e. The topological polar surface area (TPSA) is 157 Å². The van der Waals surface area contributed by atoms with Gasteiger partial charge in [-0.15, -0.1) is 0 Å². The van der Waals surface area contributed by atoms with Crippen LogP contribution in [0.2, 0.25) is 0 Å². The third kappa shape index (κ3) is 10.0. The van der Waals surface area contributed by atoms with Gasteiger partial charge in [-0.3, -0.25) is 9.36 Å². The van der Waals surface area contributed by atoms with E-state index in [1.54, 1.807) is 0 Å². The van der Waals surface area contributed by atoms with Crippen LogP contribution < -0.4 is 21.9 Å². The Labute approximate surface area is 172 Å². The van der Waals surface area contributed by atoms with Gasteiger partial charge in [-0.25, -0.2) is 9.88 Å². The lowest BCUT2D eigenvalue weighted by molar-refractivity contribution is -0.148. The molecule has 0 saturated heterocycles. The van der Waals surface area contributed by atoms with Crippen LogP contribution in [-0.2, 0) is 25.3 Å². The molecule has 1 unspecified atom stereocenters. The van der Waals surface area contributed by atoms with Gasteiger partial charge in [0.15, 0.2) is 0 Å². The van der Waals surface area contributed by atoms with Crippen molar-refractivity contribution in [2.45, 2.75) is 38.8 Å². The van der Waals surface area contributed by atoms with E-state index in [1.807, 2.05) is 44.2 Å². The summed E-state index contributed by atoms with van der Waals surface area (Å²) in [6.45, 7) is 4.06. The molecule has 1 aromatic carbocycles. The van der Waals surface area contributed by atoms with Crippen molar-refractivity contribution in [3.05, 3.63) is 35.9 Å². The maximum Gasteiger partial charge on any atom is 0.328 e. The lowest BCUT2D eigenvalue weighted by Gasteiger charge is -2.25. The van der Waals surface area contributed by atoms with Crippen molar-refractivity contribution in [3.8, 4) is 0 Å². The molecule has 1 aromatic rings. The van der Waals surface area contributed by atoms with Crippen molar-refractivity contribution >= 4 is 19.4 Å². The molecule has 29 heavy (non-hydrogen) atoms. The number of esters is 1. The van der Waals surface area contributed by atoms with E-state index in [2.05, 4.69) is 10.4 Å². The average molecular weight is 428 g/mol. The Morgan fingerprint density at radius 2 is 1.79 bits per heavy atom. The van der Waals surface area contributed by atoms with Crippen molar-refractivity contribution in [1.29, 1.82) is 0 Å². The molecule has 9 nitrogen and oxygen atoms in total. The van der Waals surface area contributed by atoms with Crippen LogP contribution >= 0.6 is 7.52 Å². The van der Waals surface area contributed by atoms with Crippen molar-refractivity contribution in [1.82, 2.24) is 10.4 Å². The number of amides is 1. The van der Waals surface area contributed by atoms with Gasteiger partial charge < -0.3 is 26.4 Å². The van der Waals surface area contributed by atoms with E-state index in [0.717, 1.165) is 5.56 Å². The fraction of sp³-hybridized carbons (Fsp3) is 0.579. The Bertz CT molecular complexity index is 686. The number of nitrogens with two attached hydrogens (primary N) is 2. The van der Waals surface area contributed by atoms with Crippen LogP contribution in [-0.4, -0.2) is 54.7 Å². The zero-order chi connectivity index (χ0) is 21.9. The highest BCUT2D eigenvalue weighted by Gasteiger charge is 2.31. The summed E-state index contributed by atoms with van der Waals surface area (Å²) in [5.41, 5.74) is 11.6. The van der Waals surface area contributed by atoms with Gasteiger partial charge in [0.25, 0.3) is 7.52 Å². The molecule has 0 aromatic heterocycles. The standard InChI is InChI=1S/C19H33N4O5P/c1-14(2)12-17(19(25)28-10-8-20)22-18(24)16(23-29(26,27)11-9-21)13-15-6-4-3-5-7-15/h3-7,14,16-17H,8-13,20-21H2,1-2H3,(H,22,24)(H2,23,26,27)/t16-,17-/m0/s1. The van der Waals surface area contributed by atoms with Crippen molar-refractivity contribution in [2.75, 3.05) is 25.9 Å². The van der Waals surface area contributed by atoms with E-state index in [-0.39, 0.29) is 38.2 Å². The minimum absolute atomic E-state index is 0.00183. The van der Waals surface area contributed by atoms with Gasteiger partial charge in [0.05, 0.1) is 12.2 Å².